The van der Waals surface area contributed by atoms with Crippen molar-refractivity contribution >= 4 is 35.3 Å². The van der Waals surface area contributed by atoms with Crippen molar-refractivity contribution in [2.45, 2.75) is 117 Å². The molecule has 3 aliphatic rings. The number of rotatable bonds is 17. The predicted octanol–water partition coefficient (Wildman–Crippen LogP) is 6.12. The Kier molecular flexibility index (Phi) is 12.2. The normalized spacial score (nSPS) is 22.9. The molecular weight excluding hydrogens is 679 g/mol. The molecule has 0 bridgehead atoms. The van der Waals surface area contributed by atoms with Gasteiger partial charge in [-0.3, -0.25) is 19.2 Å². The minimum atomic E-state index is -4.82. The number of carbonyl (C=O) groups is 6. The molecule has 4 rings (SSSR count). The van der Waals surface area contributed by atoms with Crippen LogP contribution in [-0.2, 0) is 35.3 Å². The van der Waals surface area contributed by atoms with E-state index >= 15 is 0 Å². The third kappa shape index (κ3) is 8.60. The molecule has 6 atom stereocenters. The fourth-order valence-corrected chi connectivity index (χ4v) is 7.73. The van der Waals surface area contributed by atoms with Gasteiger partial charge in [0.15, 0.2) is 11.6 Å². The number of nitrogens with zero attached hydrogens (tertiary/aromatic N) is 1. The minimum absolute atomic E-state index is 0.000794. The number of hydrogen-bond acceptors (Lipinski definition) is 7. The van der Waals surface area contributed by atoms with Crippen LogP contribution in [0.4, 0.5) is 18.0 Å². The second kappa shape index (κ2) is 15.5. The molecule has 52 heavy (non-hydrogen) atoms. The first-order chi connectivity index (χ1) is 24.2. The van der Waals surface area contributed by atoms with Crippen molar-refractivity contribution in [3.8, 4) is 0 Å². The predicted molar refractivity (Wildman–Crippen MR) is 186 cm³/mol. The van der Waals surface area contributed by atoms with Crippen molar-refractivity contribution in [3.63, 3.8) is 0 Å². The highest BCUT2D eigenvalue weighted by Gasteiger charge is 2.71. The standard InChI is InChI=1S/C39H52F3N3O7/c1-8-10-17-26(46)30(48)24(14-9-2)20-27(47)29-28-25(37(28,6)7)21-45(29)33(49)31(36(3,4)5)43-35(51)44-32(38(18-19-38)39(40,41)42)34(50)52-22-23-15-12-11-13-16-23/h8,11-13,15-16,24-25,28-29,31-32H,1,9-10,14,17-22H2,2-7H3,(H2,43,44,51)/t24?,25-,28-,29+,31+,32+/m0/s1. The maximum absolute atomic E-state index is 14.4. The van der Waals surface area contributed by atoms with E-state index in [2.05, 4.69) is 17.2 Å². The lowest BCUT2D eigenvalue weighted by atomic mass is 9.83. The molecular formula is C39H52F3N3O7. The van der Waals surface area contributed by atoms with Crippen molar-refractivity contribution in [2.75, 3.05) is 6.54 Å². The summed E-state index contributed by atoms with van der Waals surface area (Å²) in [5, 5.41) is 4.73. The second-order valence-corrected chi connectivity index (χ2v) is 16.3. The first-order valence-electron chi connectivity index (χ1n) is 18.1. The molecule has 286 valence electrons. The van der Waals surface area contributed by atoms with E-state index in [0.717, 1.165) is 0 Å². The smallest absolute Gasteiger partial charge is 0.397 e. The number of carbonyl (C=O) groups excluding carboxylic acids is 6. The van der Waals surface area contributed by atoms with Crippen LogP contribution in [0.15, 0.2) is 43.0 Å². The SMILES string of the molecule is C=CCCC(=O)C(=O)C(CCC)CC(=O)[C@@H]1[C@@H]2[C@H](CN1C(=O)[C@@H](NC(=O)N[C@H](C(=O)OCc1ccccc1)C1(C(F)(F)F)CC1)C(C)(C)C)C2(C)C. The molecule has 0 spiro atoms. The fraction of sp³-hybridized carbons (Fsp3) is 0.641. The number of ketones is 3. The van der Waals surface area contributed by atoms with Crippen LogP contribution in [0.2, 0.25) is 0 Å². The van der Waals surface area contributed by atoms with Gasteiger partial charge in [0.25, 0.3) is 0 Å². The highest BCUT2D eigenvalue weighted by Crippen LogP contribution is 2.65. The first-order valence-corrected chi connectivity index (χ1v) is 18.1. The molecule has 1 aromatic rings. The number of amides is 3. The van der Waals surface area contributed by atoms with Gasteiger partial charge >= 0.3 is 18.2 Å². The molecule has 2 aliphatic carbocycles. The summed E-state index contributed by atoms with van der Waals surface area (Å²) < 4.78 is 48.1. The lowest BCUT2D eigenvalue weighted by Crippen LogP contribution is -2.62. The van der Waals surface area contributed by atoms with Gasteiger partial charge in [0.05, 0.1) is 11.5 Å². The zero-order valence-corrected chi connectivity index (χ0v) is 30.9. The molecule has 10 nitrogen and oxygen atoms in total. The van der Waals surface area contributed by atoms with E-state index in [1.54, 1.807) is 57.2 Å². The molecule has 2 N–H and O–H groups in total. The molecule has 3 fully saturated rings. The summed E-state index contributed by atoms with van der Waals surface area (Å²) in [6.07, 6.45) is -3.06. The molecule has 1 unspecified atom stereocenters. The van der Waals surface area contributed by atoms with Crippen LogP contribution in [0.5, 0.6) is 0 Å². The number of urea groups is 1. The van der Waals surface area contributed by atoms with Gasteiger partial charge in [-0.2, -0.15) is 13.2 Å². The summed E-state index contributed by atoms with van der Waals surface area (Å²) in [4.78, 5) is 82.3. The zero-order chi connectivity index (χ0) is 38.8. The van der Waals surface area contributed by atoms with Crippen LogP contribution >= 0.6 is 0 Å². The number of allylic oxidation sites excluding steroid dienone is 1. The molecule has 3 amide bonds. The van der Waals surface area contributed by atoms with E-state index in [1.165, 1.54) is 4.90 Å². The molecule has 1 heterocycles. The van der Waals surface area contributed by atoms with Crippen molar-refractivity contribution in [2.24, 2.45) is 34.0 Å². The summed E-state index contributed by atoms with van der Waals surface area (Å²) in [7, 11) is 0. The van der Waals surface area contributed by atoms with Gasteiger partial charge < -0.3 is 20.3 Å². The Hall–Kier alpha value is -4.03. The number of likely N-dealkylation sites (tertiary alicyclic amines) is 1. The van der Waals surface area contributed by atoms with Crippen LogP contribution in [0.25, 0.3) is 0 Å². The minimum Gasteiger partial charge on any atom is -0.459 e. The quantitative estimate of drug-likeness (QED) is 0.112. The third-order valence-corrected chi connectivity index (χ3v) is 11.2. The number of fused-ring (bicyclic) bond motifs is 1. The molecule has 1 saturated heterocycles. The molecule has 0 radical (unpaired) electrons. The second-order valence-electron chi connectivity index (χ2n) is 16.3. The number of piperidine rings is 1. The molecule has 0 aromatic heterocycles. The summed E-state index contributed by atoms with van der Waals surface area (Å²) in [6.45, 7) is 14.3. The van der Waals surface area contributed by atoms with Gasteiger partial charge in [-0.15, -0.1) is 6.58 Å². The topological polar surface area (TPSA) is 139 Å². The van der Waals surface area contributed by atoms with Crippen LogP contribution < -0.4 is 10.6 Å². The number of hydrogen-bond donors (Lipinski definition) is 2. The maximum Gasteiger partial charge on any atom is 0.397 e. The lowest BCUT2D eigenvalue weighted by Gasteiger charge is -2.38. The maximum atomic E-state index is 14.4. The average Bonchev–Trinajstić information content (AvgIpc) is 3.92. The molecule has 1 aliphatic heterocycles. The number of halogens is 3. The van der Waals surface area contributed by atoms with Crippen molar-refractivity contribution < 1.29 is 46.7 Å². The highest BCUT2D eigenvalue weighted by molar-refractivity contribution is 6.38. The van der Waals surface area contributed by atoms with E-state index in [0.29, 0.717) is 24.8 Å². The van der Waals surface area contributed by atoms with E-state index in [-0.39, 0.29) is 61.9 Å². The highest BCUT2D eigenvalue weighted by atomic mass is 19.4. The van der Waals surface area contributed by atoms with E-state index in [1.807, 2.05) is 20.8 Å². The Labute approximate surface area is 303 Å². The Bertz CT molecular complexity index is 1550. The van der Waals surface area contributed by atoms with Crippen molar-refractivity contribution in [1.82, 2.24) is 15.5 Å². The van der Waals surface area contributed by atoms with Crippen LogP contribution in [0, 0.1) is 34.0 Å². The zero-order valence-electron chi connectivity index (χ0n) is 30.9. The van der Waals surface area contributed by atoms with Crippen LogP contribution in [0.1, 0.15) is 92.1 Å². The average molecular weight is 732 g/mol. The van der Waals surface area contributed by atoms with Gasteiger partial charge in [0.1, 0.15) is 18.7 Å². The Balaban J connectivity index is 1.54. The van der Waals surface area contributed by atoms with Gasteiger partial charge in [0.2, 0.25) is 11.7 Å². The van der Waals surface area contributed by atoms with Crippen molar-refractivity contribution in [3.05, 3.63) is 48.6 Å². The Morgan fingerprint density at radius 2 is 1.67 bits per heavy atom. The van der Waals surface area contributed by atoms with E-state index < -0.39 is 70.5 Å². The number of alkyl halides is 3. The van der Waals surface area contributed by atoms with Gasteiger partial charge in [-0.1, -0.05) is 84.4 Å². The number of esters is 1. The number of benzene rings is 1. The summed E-state index contributed by atoms with van der Waals surface area (Å²) >= 11 is 0. The molecule has 2 saturated carbocycles. The number of Topliss-reactive ketones (excluding diaryl/α,β-unsaturated/α-hetero) is 3. The monoisotopic (exact) mass is 731 g/mol. The first kappa shape index (κ1) is 40.7. The number of ether oxygens (including phenoxy) is 1. The fourth-order valence-electron chi connectivity index (χ4n) is 7.73. The van der Waals surface area contributed by atoms with Crippen LogP contribution in [-0.4, -0.2) is 71.0 Å². The van der Waals surface area contributed by atoms with Crippen molar-refractivity contribution in [1.29, 1.82) is 0 Å². The molecule has 13 heteroatoms. The lowest BCUT2D eigenvalue weighted by molar-refractivity contribution is -0.202. The third-order valence-electron chi connectivity index (χ3n) is 11.2. The van der Waals surface area contributed by atoms with Gasteiger partial charge in [0, 0.05) is 25.3 Å². The van der Waals surface area contributed by atoms with E-state index in [4.69, 9.17) is 4.74 Å². The Morgan fingerprint density at radius 1 is 1.04 bits per heavy atom. The number of nitrogens with one attached hydrogen (secondary N) is 2. The summed E-state index contributed by atoms with van der Waals surface area (Å²) in [5.74, 6) is -4.47. The van der Waals surface area contributed by atoms with E-state index in [9.17, 15) is 41.9 Å². The van der Waals surface area contributed by atoms with Gasteiger partial charge in [-0.05, 0) is 53.9 Å². The summed E-state index contributed by atoms with van der Waals surface area (Å²) in [5.41, 5.74) is -3.21. The van der Waals surface area contributed by atoms with Crippen LogP contribution in [0.3, 0.4) is 0 Å². The Morgan fingerprint density at radius 3 is 2.21 bits per heavy atom. The van der Waals surface area contributed by atoms with Gasteiger partial charge in [-0.25, -0.2) is 9.59 Å². The largest absolute Gasteiger partial charge is 0.459 e. The molecule has 1 aromatic carbocycles. The summed E-state index contributed by atoms with van der Waals surface area (Å²) in [6, 6.07) is 2.95.